The van der Waals surface area contributed by atoms with Crippen LogP contribution in [0.4, 0.5) is 24.5 Å². The van der Waals surface area contributed by atoms with E-state index in [4.69, 9.17) is 5.11 Å². The van der Waals surface area contributed by atoms with Gasteiger partial charge in [0.25, 0.3) is 5.69 Å². The largest absolute Gasteiger partial charge is 0.480 e. The van der Waals surface area contributed by atoms with Crippen molar-refractivity contribution in [2.75, 3.05) is 11.4 Å². The number of rotatable bonds is 5. The Kier molecular flexibility index (Phi) is 3.75. The van der Waals surface area contributed by atoms with Crippen LogP contribution in [-0.2, 0) is 11.0 Å². The first kappa shape index (κ1) is 15.1. The van der Waals surface area contributed by atoms with E-state index < -0.39 is 34.9 Å². The molecule has 9 heteroatoms. The van der Waals surface area contributed by atoms with E-state index in [0.717, 1.165) is 12.1 Å². The molecule has 0 radical (unpaired) electrons. The molecule has 0 aromatic heterocycles. The molecule has 6 nitrogen and oxygen atoms in total. The monoisotopic (exact) mass is 304 g/mol. The number of nitro groups is 1. The van der Waals surface area contributed by atoms with E-state index in [2.05, 4.69) is 0 Å². The zero-order valence-corrected chi connectivity index (χ0v) is 10.6. The quantitative estimate of drug-likeness (QED) is 0.668. The number of nitro benzene ring substituents is 1. The van der Waals surface area contributed by atoms with Gasteiger partial charge >= 0.3 is 12.1 Å². The van der Waals surface area contributed by atoms with Crippen molar-refractivity contribution in [3.63, 3.8) is 0 Å². The summed E-state index contributed by atoms with van der Waals surface area (Å²) in [7, 11) is 0. The van der Waals surface area contributed by atoms with Crippen molar-refractivity contribution in [1.82, 2.24) is 0 Å². The second-order valence-corrected chi connectivity index (χ2v) is 4.71. The zero-order valence-electron chi connectivity index (χ0n) is 10.6. The van der Waals surface area contributed by atoms with Gasteiger partial charge in [0, 0.05) is 12.1 Å². The summed E-state index contributed by atoms with van der Waals surface area (Å²) < 4.78 is 37.8. The molecule has 1 aliphatic carbocycles. The molecule has 0 bridgehead atoms. The third kappa shape index (κ3) is 3.41. The van der Waals surface area contributed by atoms with E-state index in [9.17, 15) is 28.1 Å². The molecule has 1 aromatic carbocycles. The number of halogens is 3. The van der Waals surface area contributed by atoms with Gasteiger partial charge in [-0.3, -0.25) is 14.9 Å². The van der Waals surface area contributed by atoms with Crippen LogP contribution in [0.1, 0.15) is 18.4 Å². The zero-order chi connectivity index (χ0) is 15.8. The lowest BCUT2D eigenvalue weighted by Gasteiger charge is -2.22. The fourth-order valence-corrected chi connectivity index (χ4v) is 2.03. The second kappa shape index (κ2) is 5.23. The molecule has 2 rings (SSSR count). The van der Waals surface area contributed by atoms with Gasteiger partial charge in [0.05, 0.1) is 10.5 Å². The van der Waals surface area contributed by atoms with Gasteiger partial charge in [0.2, 0.25) is 0 Å². The summed E-state index contributed by atoms with van der Waals surface area (Å²) in [6.07, 6.45) is -3.38. The van der Waals surface area contributed by atoms with Crippen LogP contribution in [0.3, 0.4) is 0 Å². The summed E-state index contributed by atoms with van der Waals surface area (Å²) in [5.74, 6) is -1.20. The average molecular weight is 304 g/mol. The number of alkyl halides is 3. The Labute approximate surface area is 116 Å². The van der Waals surface area contributed by atoms with Crippen LogP contribution in [0.2, 0.25) is 0 Å². The molecule has 1 aromatic rings. The van der Waals surface area contributed by atoms with Crippen LogP contribution in [0.15, 0.2) is 18.2 Å². The maximum Gasteiger partial charge on any atom is 0.416 e. The highest BCUT2D eigenvalue weighted by atomic mass is 19.4. The first-order chi connectivity index (χ1) is 9.70. The molecule has 114 valence electrons. The Morgan fingerprint density at radius 3 is 2.48 bits per heavy atom. The molecule has 0 amide bonds. The van der Waals surface area contributed by atoms with E-state index in [-0.39, 0.29) is 11.7 Å². The van der Waals surface area contributed by atoms with Crippen LogP contribution in [0, 0.1) is 10.1 Å². The molecule has 0 heterocycles. The van der Waals surface area contributed by atoms with Crippen LogP contribution >= 0.6 is 0 Å². The summed E-state index contributed by atoms with van der Waals surface area (Å²) in [6, 6.07) is 1.94. The van der Waals surface area contributed by atoms with Crippen LogP contribution in [0.25, 0.3) is 0 Å². The summed E-state index contributed by atoms with van der Waals surface area (Å²) >= 11 is 0. The highest BCUT2D eigenvalue weighted by Gasteiger charge is 2.37. The molecule has 1 saturated carbocycles. The first-order valence-corrected chi connectivity index (χ1v) is 6.04. The number of nitrogens with zero attached hydrogens (tertiary/aromatic N) is 2. The van der Waals surface area contributed by atoms with E-state index >= 15 is 0 Å². The minimum Gasteiger partial charge on any atom is -0.480 e. The van der Waals surface area contributed by atoms with Gasteiger partial charge in [-0.05, 0) is 25.0 Å². The Bertz CT molecular complexity index is 584. The first-order valence-electron chi connectivity index (χ1n) is 6.04. The molecule has 0 spiro atoms. The molecule has 0 saturated heterocycles. The predicted octanol–water partition coefficient (Wildman–Crippen LogP) is 2.67. The smallest absolute Gasteiger partial charge is 0.416 e. The average Bonchev–Trinajstić information content (AvgIpc) is 3.18. The summed E-state index contributed by atoms with van der Waals surface area (Å²) in [6.45, 7) is -0.489. The Balaban J connectivity index is 2.46. The topological polar surface area (TPSA) is 83.7 Å². The van der Waals surface area contributed by atoms with Crippen LogP contribution in [-0.4, -0.2) is 28.6 Å². The number of aliphatic carboxylic acids is 1. The standard InChI is InChI=1S/C12H11F3N2O4/c13-12(14,15)7-1-4-9(10(5-7)17(20)21)16(6-11(18)19)8-2-3-8/h1,4-5,8H,2-3,6H2,(H,18,19). The molecular weight excluding hydrogens is 293 g/mol. The lowest BCUT2D eigenvalue weighted by molar-refractivity contribution is -0.384. The van der Waals surface area contributed by atoms with Crippen molar-refractivity contribution < 1.29 is 28.0 Å². The molecule has 1 aliphatic rings. The Morgan fingerprint density at radius 2 is 2.05 bits per heavy atom. The van der Waals surface area contributed by atoms with Crippen molar-refractivity contribution in [1.29, 1.82) is 0 Å². The van der Waals surface area contributed by atoms with Gasteiger partial charge in [0.1, 0.15) is 12.2 Å². The normalized spacial score (nSPS) is 14.8. The maximum absolute atomic E-state index is 12.6. The maximum atomic E-state index is 12.6. The number of carbonyl (C=O) groups is 1. The molecule has 1 fully saturated rings. The van der Waals surface area contributed by atoms with E-state index in [1.807, 2.05) is 0 Å². The van der Waals surface area contributed by atoms with Crippen molar-refractivity contribution in [3.05, 3.63) is 33.9 Å². The SMILES string of the molecule is O=C(O)CN(c1ccc(C(F)(F)F)cc1[N+](=O)[O-])C1CC1. The number of anilines is 1. The fourth-order valence-electron chi connectivity index (χ4n) is 2.03. The van der Waals surface area contributed by atoms with Crippen LogP contribution < -0.4 is 4.90 Å². The molecule has 0 unspecified atom stereocenters. The number of carboxylic acids is 1. The third-order valence-electron chi connectivity index (χ3n) is 3.10. The highest BCUT2D eigenvalue weighted by Crippen LogP contribution is 2.40. The highest BCUT2D eigenvalue weighted by molar-refractivity contribution is 5.77. The van der Waals surface area contributed by atoms with Crippen LogP contribution in [0.5, 0.6) is 0 Å². The summed E-state index contributed by atoms with van der Waals surface area (Å²) in [4.78, 5) is 22.2. The van der Waals surface area contributed by atoms with Gasteiger partial charge < -0.3 is 10.0 Å². The van der Waals surface area contributed by atoms with Crippen molar-refractivity contribution in [2.24, 2.45) is 0 Å². The minimum atomic E-state index is -4.69. The molecule has 0 atom stereocenters. The molecule has 1 N–H and O–H groups in total. The van der Waals surface area contributed by atoms with E-state index in [1.165, 1.54) is 4.90 Å². The Morgan fingerprint density at radius 1 is 1.43 bits per heavy atom. The number of hydrogen-bond acceptors (Lipinski definition) is 4. The number of hydrogen-bond donors (Lipinski definition) is 1. The molecule has 0 aliphatic heterocycles. The van der Waals surface area contributed by atoms with E-state index in [0.29, 0.717) is 18.9 Å². The van der Waals surface area contributed by atoms with E-state index in [1.54, 1.807) is 0 Å². The third-order valence-corrected chi connectivity index (χ3v) is 3.10. The van der Waals surface area contributed by atoms with Gasteiger partial charge in [-0.25, -0.2) is 0 Å². The van der Waals surface area contributed by atoms with Gasteiger partial charge in [-0.1, -0.05) is 0 Å². The van der Waals surface area contributed by atoms with Gasteiger partial charge in [0.15, 0.2) is 0 Å². The van der Waals surface area contributed by atoms with Crippen molar-refractivity contribution in [3.8, 4) is 0 Å². The predicted molar refractivity (Wildman–Crippen MR) is 66.1 cm³/mol. The van der Waals surface area contributed by atoms with Crippen molar-refractivity contribution >= 4 is 17.3 Å². The molecular formula is C12H11F3N2O4. The lowest BCUT2D eigenvalue weighted by atomic mass is 10.1. The minimum absolute atomic E-state index is 0.0992. The fraction of sp³-hybridized carbons (Fsp3) is 0.417. The lowest BCUT2D eigenvalue weighted by Crippen LogP contribution is -2.32. The molecule has 21 heavy (non-hydrogen) atoms. The number of carboxylic acid groups (broad SMARTS) is 1. The van der Waals surface area contributed by atoms with Gasteiger partial charge in [-0.2, -0.15) is 13.2 Å². The van der Waals surface area contributed by atoms with Gasteiger partial charge in [-0.15, -0.1) is 0 Å². The summed E-state index contributed by atoms with van der Waals surface area (Å²) in [5.41, 5.74) is -1.97. The second-order valence-electron chi connectivity index (χ2n) is 4.71. The van der Waals surface area contributed by atoms with Crippen molar-refractivity contribution in [2.45, 2.75) is 25.1 Å². The summed E-state index contributed by atoms with van der Waals surface area (Å²) in [5, 5.41) is 19.8. The number of benzene rings is 1. The Hall–Kier alpha value is -2.32.